The topological polar surface area (TPSA) is 83.9 Å². The lowest BCUT2D eigenvalue weighted by molar-refractivity contribution is -0.143. The maximum atomic E-state index is 11.9. The van der Waals surface area contributed by atoms with Gasteiger partial charge in [0.1, 0.15) is 0 Å². The predicted octanol–water partition coefficient (Wildman–Crippen LogP) is 2.70. The zero-order valence-corrected chi connectivity index (χ0v) is 13.4. The zero-order chi connectivity index (χ0) is 16.9. The molecule has 0 saturated heterocycles. The number of carbonyl (C=O) groups excluding carboxylic acids is 1. The minimum absolute atomic E-state index is 0.0120. The van der Waals surface area contributed by atoms with Gasteiger partial charge in [-0.25, -0.2) is 4.79 Å². The van der Waals surface area contributed by atoms with Gasteiger partial charge in [-0.2, -0.15) is 8.42 Å². The van der Waals surface area contributed by atoms with E-state index in [0.717, 1.165) is 11.1 Å². The molecule has 2 aromatic rings. The highest BCUT2D eigenvalue weighted by molar-refractivity contribution is 7.87. The Morgan fingerprint density at radius 2 is 1.70 bits per heavy atom. The summed E-state index contributed by atoms with van der Waals surface area (Å²) in [6, 6.07) is 15.4. The molecule has 0 heterocycles. The monoisotopic (exact) mass is 335 g/mol. The number of rotatable bonds is 6. The van der Waals surface area contributed by atoms with Crippen molar-refractivity contribution in [3.63, 3.8) is 0 Å². The van der Waals surface area contributed by atoms with E-state index in [9.17, 15) is 17.8 Å². The highest BCUT2D eigenvalue weighted by Crippen LogP contribution is 2.19. The normalized spacial score (nSPS) is 11.0. The number of nitrogens with zero attached hydrogens (tertiary/aromatic N) is 1. The van der Waals surface area contributed by atoms with Crippen molar-refractivity contribution >= 4 is 22.0 Å². The van der Waals surface area contributed by atoms with E-state index < -0.39 is 16.3 Å². The molecule has 2 aromatic carbocycles. The van der Waals surface area contributed by atoms with Gasteiger partial charge in [0, 0.05) is 0 Å². The summed E-state index contributed by atoms with van der Waals surface area (Å²) < 4.78 is 32.3. The molecule has 0 aromatic heterocycles. The van der Waals surface area contributed by atoms with Crippen molar-refractivity contribution < 1.29 is 22.6 Å². The van der Waals surface area contributed by atoms with Gasteiger partial charge < -0.3 is 4.84 Å². The fourth-order valence-corrected chi connectivity index (χ4v) is 2.49. The Hall–Kier alpha value is -2.38. The molecule has 0 bridgehead atoms. The van der Waals surface area contributed by atoms with E-state index in [-0.39, 0.29) is 16.6 Å². The van der Waals surface area contributed by atoms with Crippen molar-refractivity contribution in [1.82, 2.24) is 0 Å². The largest absolute Gasteiger partial charge is 0.391 e. The highest BCUT2D eigenvalue weighted by Gasteiger charge is 2.24. The molecule has 0 aliphatic rings. The first-order valence-corrected chi connectivity index (χ1v) is 8.35. The lowest BCUT2D eigenvalue weighted by Gasteiger charge is -2.19. The SMILES string of the molecule is Cc1ccc(N(OC(=O)CCc2ccccc2)S(=O)(=O)O)cc1. The molecule has 0 aliphatic carbocycles. The number of aryl methyl sites for hydroxylation is 2. The lowest BCUT2D eigenvalue weighted by atomic mass is 10.1. The quantitative estimate of drug-likeness (QED) is 0.648. The first-order chi connectivity index (χ1) is 10.9. The standard InChI is InChI=1S/C16H17NO5S/c1-13-7-10-15(11-8-13)17(23(19,20)21)22-16(18)12-9-14-5-3-2-4-6-14/h2-8,10-11H,9,12H2,1H3,(H,19,20,21). The van der Waals surface area contributed by atoms with Gasteiger partial charge in [0.2, 0.25) is 0 Å². The lowest BCUT2D eigenvalue weighted by Crippen LogP contribution is -2.33. The molecule has 1 N–H and O–H groups in total. The molecule has 2 rings (SSSR count). The Bertz CT molecular complexity index is 757. The van der Waals surface area contributed by atoms with Crippen molar-refractivity contribution in [2.75, 3.05) is 4.47 Å². The Morgan fingerprint density at radius 3 is 2.26 bits per heavy atom. The van der Waals surface area contributed by atoms with Crippen LogP contribution in [-0.4, -0.2) is 18.9 Å². The molecule has 6 nitrogen and oxygen atoms in total. The van der Waals surface area contributed by atoms with Gasteiger partial charge in [-0.1, -0.05) is 52.5 Å². The van der Waals surface area contributed by atoms with Gasteiger partial charge >= 0.3 is 16.3 Å². The van der Waals surface area contributed by atoms with E-state index in [4.69, 9.17) is 4.84 Å². The van der Waals surface area contributed by atoms with Gasteiger partial charge in [0.15, 0.2) is 0 Å². The second-order valence-corrected chi connectivity index (χ2v) is 6.22. The summed E-state index contributed by atoms with van der Waals surface area (Å²) in [5, 5.41) is 0. The van der Waals surface area contributed by atoms with Crippen LogP contribution in [0.15, 0.2) is 54.6 Å². The molecule has 0 unspecified atom stereocenters. The fourth-order valence-electron chi connectivity index (χ4n) is 1.93. The van der Waals surface area contributed by atoms with E-state index in [0.29, 0.717) is 6.42 Å². The molecule has 0 radical (unpaired) electrons. The smallest absolute Gasteiger partial charge is 0.324 e. The highest BCUT2D eigenvalue weighted by atomic mass is 32.2. The molecule has 0 spiro atoms. The van der Waals surface area contributed by atoms with E-state index >= 15 is 0 Å². The summed E-state index contributed by atoms with van der Waals surface area (Å²) >= 11 is 0. The summed E-state index contributed by atoms with van der Waals surface area (Å²) in [4.78, 5) is 16.7. The number of carbonyl (C=O) groups is 1. The molecule has 122 valence electrons. The van der Waals surface area contributed by atoms with Crippen LogP contribution in [0.4, 0.5) is 5.69 Å². The first kappa shape index (κ1) is 17.0. The minimum Gasteiger partial charge on any atom is -0.324 e. The van der Waals surface area contributed by atoms with E-state index in [2.05, 4.69) is 0 Å². The molecule has 0 fully saturated rings. The first-order valence-electron chi connectivity index (χ1n) is 6.95. The van der Waals surface area contributed by atoms with Crippen LogP contribution in [0.2, 0.25) is 0 Å². The van der Waals surface area contributed by atoms with E-state index in [1.54, 1.807) is 12.1 Å². The van der Waals surface area contributed by atoms with Gasteiger partial charge in [-0.15, -0.1) is 0 Å². The third-order valence-corrected chi connectivity index (χ3v) is 3.80. The van der Waals surface area contributed by atoms with Crippen LogP contribution in [-0.2, 0) is 26.4 Å². The number of hydrogen-bond donors (Lipinski definition) is 1. The second-order valence-electron chi connectivity index (χ2n) is 4.99. The maximum absolute atomic E-state index is 11.9. The van der Waals surface area contributed by atoms with Gasteiger partial charge in [0.25, 0.3) is 0 Å². The third kappa shape index (κ3) is 5.08. The molecule has 0 aliphatic heterocycles. The minimum atomic E-state index is -4.72. The molecule has 0 amide bonds. The molecule has 0 atom stereocenters. The molecule has 7 heteroatoms. The molecule has 0 saturated carbocycles. The predicted molar refractivity (Wildman–Crippen MR) is 86.1 cm³/mol. The molecular formula is C16H17NO5S. The van der Waals surface area contributed by atoms with Crippen molar-refractivity contribution in [2.24, 2.45) is 0 Å². The van der Waals surface area contributed by atoms with Crippen molar-refractivity contribution in [2.45, 2.75) is 19.8 Å². The average Bonchev–Trinajstić information content (AvgIpc) is 2.52. The fraction of sp³-hybridized carbons (Fsp3) is 0.188. The number of anilines is 1. The van der Waals surface area contributed by atoms with Crippen LogP contribution >= 0.6 is 0 Å². The summed E-state index contributed by atoms with van der Waals surface area (Å²) in [6.07, 6.45) is 0.398. The summed E-state index contributed by atoms with van der Waals surface area (Å²) in [6.45, 7) is 1.83. The Morgan fingerprint density at radius 1 is 1.09 bits per heavy atom. The van der Waals surface area contributed by atoms with Crippen LogP contribution in [0.3, 0.4) is 0 Å². The average molecular weight is 335 g/mol. The summed E-state index contributed by atoms with van der Waals surface area (Å²) in [7, 11) is -4.72. The van der Waals surface area contributed by atoms with E-state index in [1.165, 1.54) is 12.1 Å². The number of hydrogen-bond acceptors (Lipinski definition) is 4. The van der Waals surface area contributed by atoms with Crippen molar-refractivity contribution in [1.29, 1.82) is 0 Å². The van der Waals surface area contributed by atoms with Gasteiger partial charge in [0.05, 0.1) is 12.1 Å². The van der Waals surface area contributed by atoms with Gasteiger partial charge in [-0.3, -0.25) is 4.55 Å². The summed E-state index contributed by atoms with van der Waals surface area (Å²) in [5.41, 5.74) is 1.88. The second kappa shape index (κ2) is 7.26. The number of benzene rings is 2. The zero-order valence-electron chi connectivity index (χ0n) is 12.5. The Balaban J connectivity index is 2.06. The van der Waals surface area contributed by atoms with E-state index in [1.807, 2.05) is 37.3 Å². The van der Waals surface area contributed by atoms with Crippen molar-refractivity contribution in [3.8, 4) is 0 Å². The Labute approximate surface area is 135 Å². The van der Waals surface area contributed by atoms with Crippen LogP contribution in [0.1, 0.15) is 17.5 Å². The van der Waals surface area contributed by atoms with Crippen LogP contribution in [0.5, 0.6) is 0 Å². The van der Waals surface area contributed by atoms with Crippen molar-refractivity contribution in [3.05, 3.63) is 65.7 Å². The Kier molecular flexibility index (Phi) is 5.36. The van der Waals surface area contributed by atoms with Crippen LogP contribution in [0, 0.1) is 6.92 Å². The maximum Gasteiger partial charge on any atom is 0.391 e. The molecular weight excluding hydrogens is 318 g/mol. The van der Waals surface area contributed by atoms with Crippen LogP contribution < -0.4 is 4.47 Å². The molecule has 23 heavy (non-hydrogen) atoms. The summed E-state index contributed by atoms with van der Waals surface area (Å²) in [5.74, 6) is -0.757. The van der Waals surface area contributed by atoms with Crippen LogP contribution in [0.25, 0.3) is 0 Å². The third-order valence-electron chi connectivity index (χ3n) is 3.10. The van der Waals surface area contributed by atoms with Gasteiger partial charge in [-0.05, 0) is 31.0 Å².